The van der Waals surface area contributed by atoms with E-state index in [1.54, 1.807) is 12.1 Å². The molecule has 0 radical (unpaired) electrons. The summed E-state index contributed by atoms with van der Waals surface area (Å²) in [5, 5.41) is 8.34. The average Bonchev–Trinajstić information content (AvgIpc) is 3.52. The molecule has 2 aliphatic heterocycles. The van der Waals surface area contributed by atoms with Crippen LogP contribution in [0.2, 0.25) is 0 Å². The molecule has 7 nitrogen and oxygen atoms in total. The third-order valence-electron chi connectivity index (χ3n) is 6.57. The number of hydrogen-bond acceptors (Lipinski definition) is 6. The van der Waals surface area contributed by atoms with Crippen molar-refractivity contribution < 1.29 is 4.39 Å². The van der Waals surface area contributed by atoms with Gasteiger partial charge in [0.25, 0.3) is 0 Å². The zero-order chi connectivity index (χ0) is 22.2. The van der Waals surface area contributed by atoms with Crippen molar-refractivity contribution in [2.45, 2.75) is 18.9 Å². The van der Waals surface area contributed by atoms with Gasteiger partial charge in [-0.05, 0) is 54.8 Å². The number of fused-ring (bicyclic) bond motifs is 1. The van der Waals surface area contributed by atoms with Crippen LogP contribution in [0.3, 0.4) is 0 Å². The van der Waals surface area contributed by atoms with Gasteiger partial charge in [0.1, 0.15) is 23.1 Å². The van der Waals surface area contributed by atoms with E-state index in [-0.39, 0.29) is 11.9 Å². The molecule has 2 aliphatic rings. The summed E-state index contributed by atoms with van der Waals surface area (Å²) in [6.45, 7) is 4.72. The molecule has 4 aromatic rings. The van der Waals surface area contributed by atoms with Crippen LogP contribution >= 0.6 is 0 Å². The van der Waals surface area contributed by atoms with Crippen LogP contribution in [0.1, 0.15) is 24.4 Å². The molecule has 0 saturated carbocycles. The predicted octanol–water partition coefficient (Wildman–Crippen LogP) is 3.68. The van der Waals surface area contributed by atoms with Crippen molar-refractivity contribution in [2.75, 3.05) is 42.5 Å². The molecule has 1 aromatic carbocycles. The number of rotatable bonds is 4. The number of nitrogens with one attached hydrogen (secondary N) is 1. The molecule has 168 valence electrons. The lowest BCUT2D eigenvalue weighted by Crippen LogP contribution is -2.43. The topological polar surface area (TPSA) is 61.6 Å². The van der Waals surface area contributed by atoms with E-state index in [9.17, 15) is 4.39 Å². The third-order valence-corrected chi connectivity index (χ3v) is 6.57. The van der Waals surface area contributed by atoms with Gasteiger partial charge in [0.05, 0.1) is 17.9 Å². The minimum Gasteiger partial charge on any atom is -0.354 e. The molecule has 0 bridgehead atoms. The molecule has 2 saturated heterocycles. The van der Waals surface area contributed by atoms with Crippen LogP contribution in [-0.4, -0.2) is 52.3 Å². The largest absolute Gasteiger partial charge is 0.354 e. The summed E-state index contributed by atoms with van der Waals surface area (Å²) >= 11 is 0. The van der Waals surface area contributed by atoms with E-state index >= 15 is 0 Å². The van der Waals surface area contributed by atoms with Gasteiger partial charge in [-0.1, -0.05) is 18.2 Å². The number of aromatic nitrogens is 4. The van der Waals surface area contributed by atoms with Gasteiger partial charge in [-0.25, -0.2) is 18.9 Å². The number of piperazine rings is 1. The molecule has 0 aliphatic carbocycles. The number of imidazole rings is 1. The van der Waals surface area contributed by atoms with Crippen LogP contribution in [-0.2, 0) is 0 Å². The van der Waals surface area contributed by atoms with Crippen LogP contribution in [0.5, 0.6) is 0 Å². The van der Waals surface area contributed by atoms with E-state index in [0.717, 1.165) is 79.8 Å². The van der Waals surface area contributed by atoms with Crippen LogP contribution < -0.4 is 15.1 Å². The fourth-order valence-electron chi connectivity index (χ4n) is 4.93. The lowest BCUT2D eigenvalue weighted by Gasteiger charge is -2.28. The summed E-state index contributed by atoms with van der Waals surface area (Å²) < 4.78 is 15.7. The van der Waals surface area contributed by atoms with Crippen molar-refractivity contribution >= 4 is 17.3 Å². The second-order valence-corrected chi connectivity index (χ2v) is 8.63. The quantitative estimate of drug-likeness (QED) is 0.519. The van der Waals surface area contributed by atoms with E-state index in [0.29, 0.717) is 0 Å². The lowest BCUT2D eigenvalue weighted by molar-refractivity contribution is 0.585. The van der Waals surface area contributed by atoms with Gasteiger partial charge in [0.2, 0.25) is 0 Å². The fraction of sp³-hybridized carbons (Fsp3) is 0.320. The van der Waals surface area contributed by atoms with Crippen LogP contribution in [0.25, 0.3) is 17.0 Å². The molecule has 5 heterocycles. The number of anilines is 2. The Morgan fingerprint density at radius 2 is 1.82 bits per heavy atom. The van der Waals surface area contributed by atoms with E-state index < -0.39 is 0 Å². The first-order valence-electron chi connectivity index (χ1n) is 11.6. The zero-order valence-electron chi connectivity index (χ0n) is 18.4. The maximum absolute atomic E-state index is 13.9. The highest BCUT2D eigenvalue weighted by Crippen LogP contribution is 2.35. The average molecular weight is 444 g/mol. The first-order valence-corrected chi connectivity index (χ1v) is 11.6. The fourth-order valence-corrected chi connectivity index (χ4v) is 4.93. The molecular formula is C25H26FN7. The Morgan fingerprint density at radius 1 is 0.939 bits per heavy atom. The van der Waals surface area contributed by atoms with Gasteiger partial charge >= 0.3 is 0 Å². The Bertz CT molecular complexity index is 1280. The first-order chi connectivity index (χ1) is 16.3. The molecule has 1 unspecified atom stereocenters. The number of halogens is 1. The Balaban J connectivity index is 1.36. The maximum atomic E-state index is 13.9. The Hall–Kier alpha value is -3.52. The van der Waals surface area contributed by atoms with Crippen molar-refractivity contribution in [3.05, 3.63) is 72.2 Å². The monoisotopic (exact) mass is 443 g/mol. The van der Waals surface area contributed by atoms with Crippen molar-refractivity contribution in [2.24, 2.45) is 0 Å². The summed E-state index contributed by atoms with van der Waals surface area (Å²) in [4.78, 5) is 14.1. The Morgan fingerprint density at radius 3 is 2.70 bits per heavy atom. The normalized spacial score (nSPS) is 18.9. The second kappa shape index (κ2) is 8.44. The highest BCUT2D eigenvalue weighted by molar-refractivity contribution is 5.62. The van der Waals surface area contributed by atoms with Gasteiger partial charge in [-0.2, -0.15) is 0 Å². The van der Waals surface area contributed by atoms with Gasteiger partial charge in [-0.3, -0.25) is 0 Å². The number of benzene rings is 1. The predicted molar refractivity (Wildman–Crippen MR) is 127 cm³/mol. The summed E-state index contributed by atoms with van der Waals surface area (Å²) in [6, 6.07) is 17.1. The standard InChI is InChI=1S/C25H26FN7/c26-19-5-1-4-18(16-19)21-7-3-13-32(21)25-10-9-23-28-17-22(33(23)30-25)20-6-2-8-24(29-20)31-14-11-27-12-15-31/h1-2,4-6,8-10,16-17,21,27H,3,7,11-15H2. The van der Waals surface area contributed by atoms with Crippen LogP contribution in [0.4, 0.5) is 16.0 Å². The van der Waals surface area contributed by atoms with E-state index in [4.69, 9.17) is 10.1 Å². The van der Waals surface area contributed by atoms with E-state index in [1.165, 1.54) is 6.07 Å². The molecule has 3 aromatic heterocycles. The minimum absolute atomic E-state index is 0.117. The molecular weight excluding hydrogens is 417 g/mol. The number of pyridine rings is 1. The SMILES string of the molecule is Fc1cccc(C2CCCN2c2ccc3ncc(-c4cccc(N5CCNCC5)n4)n3n2)c1. The van der Waals surface area contributed by atoms with E-state index in [1.807, 2.05) is 41.0 Å². The Kier molecular flexibility index (Phi) is 5.14. The first kappa shape index (κ1) is 20.1. The summed E-state index contributed by atoms with van der Waals surface area (Å²) in [7, 11) is 0. The summed E-state index contributed by atoms with van der Waals surface area (Å²) in [6.07, 6.45) is 3.87. The Labute approximate surface area is 191 Å². The molecule has 2 fully saturated rings. The molecule has 33 heavy (non-hydrogen) atoms. The molecule has 6 rings (SSSR count). The van der Waals surface area contributed by atoms with Crippen molar-refractivity contribution in [3.8, 4) is 11.4 Å². The van der Waals surface area contributed by atoms with E-state index in [2.05, 4.69) is 26.2 Å². The van der Waals surface area contributed by atoms with Crippen LogP contribution in [0.15, 0.2) is 60.8 Å². The van der Waals surface area contributed by atoms with Gasteiger partial charge in [0, 0.05) is 32.7 Å². The molecule has 1 N–H and O–H groups in total. The van der Waals surface area contributed by atoms with Crippen molar-refractivity contribution in [1.29, 1.82) is 0 Å². The summed E-state index contributed by atoms with van der Waals surface area (Å²) in [5.41, 5.74) is 3.49. The number of nitrogens with zero attached hydrogens (tertiary/aromatic N) is 6. The summed E-state index contributed by atoms with van der Waals surface area (Å²) in [5.74, 6) is 1.65. The molecule has 0 amide bonds. The number of hydrogen-bond donors (Lipinski definition) is 1. The second-order valence-electron chi connectivity index (χ2n) is 8.63. The van der Waals surface area contributed by atoms with Gasteiger partial charge in [0.15, 0.2) is 5.65 Å². The third kappa shape index (κ3) is 3.80. The molecule has 0 spiro atoms. The van der Waals surface area contributed by atoms with Gasteiger partial charge in [-0.15, -0.1) is 5.10 Å². The van der Waals surface area contributed by atoms with Gasteiger partial charge < -0.3 is 15.1 Å². The van der Waals surface area contributed by atoms with Crippen molar-refractivity contribution in [3.63, 3.8) is 0 Å². The minimum atomic E-state index is -0.199. The highest BCUT2D eigenvalue weighted by atomic mass is 19.1. The van der Waals surface area contributed by atoms with Crippen LogP contribution in [0, 0.1) is 5.82 Å². The smallest absolute Gasteiger partial charge is 0.154 e. The highest BCUT2D eigenvalue weighted by Gasteiger charge is 2.28. The van der Waals surface area contributed by atoms with Crippen molar-refractivity contribution in [1.82, 2.24) is 24.9 Å². The molecule has 8 heteroatoms. The lowest BCUT2D eigenvalue weighted by atomic mass is 10.0. The maximum Gasteiger partial charge on any atom is 0.154 e. The zero-order valence-corrected chi connectivity index (χ0v) is 18.4. The molecule has 1 atom stereocenters.